The molecule has 0 aliphatic carbocycles. The molecule has 0 aromatic heterocycles. The van der Waals surface area contributed by atoms with E-state index in [0.717, 1.165) is 27.6 Å². The zero-order chi connectivity index (χ0) is 27.9. The Labute approximate surface area is 224 Å². The maximum absolute atomic E-state index is 13.9. The maximum atomic E-state index is 13.9. The van der Waals surface area contributed by atoms with Gasteiger partial charge in [0.15, 0.2) is 0 Å². The summed E-state index contributed by atoms with van der Waals surface area (Å²) in [5.41, 5.74) is 1.82. The molecule has 3 aromatic carbocycles. The second kappa shape index (κ2) is 12.7. The van der Waals surface area contributed by atoms with Crippen molar-refractivity contribution in [2.45, 2.75) is 57.6 Å². The van der Waals surface area contributed by atoms with E-state index in [4.69, 9.17) is 0 Å². The number of halogens is 1. The van der Waals surface area contributed by atoms with E-state index in [1.54, 1.807) is 19.1 Å². The van der Waals surface area contributed by atoms with E-state index in [0.29, 0.717) is 6.42 Å². The summed E-state index contributed by atoms with van der Waals surface area (Å²) in [5.74, 6) is -1.41. The molecule has 9 heteroatoms. The fourth-order valence-corrected chi connectivity index (χ4v) is 5.47. The van der Waals surface area contributed by atoms with Crippen LogP contribution in [0.25, 0.3) is 0 Å². The summed E-state index contributed by atoms with van der Waals surface area (Å²) in [6.07, 6.45) is 0.332. The molecule has 7 nitrogen and oxygen atoms in total. The molecule has 0 aliphatic rings. The summed E-state index contributed by atoms with van der Waals surface area (Å²) < 4.78 is 42.2. The zero-order valence-electron chi connectivity index (χ0n) is 22.1. The minimum Gasteiger partial charge on any atom is -0.352 e. The van der Waals surface area contributed by atoms with E-state index in [1.807, 2.05) is 51.1 Å². The number of amides is 2. The maximum Gasteiger partial charge on any atom is 0.264 e. The predicted molar refractivity (Wildman–Crippen MR) is 146 cm³/mol. The SMILES string of the molecule is CCC(C(=O)NC(C)C)N(Cc1ccccc1)C(=O)CN(c1ccc(F)cc1)S(=O)(=O)c1ccc(C)cc1. The summed E-state index contributed by atoms with van der Waals surface area (Å²) in [4.78, 5) is 28.4. The minimum absolute atomic E-state index is 0.000531. The lowest BCUT2D eigenvalue weighted by atomic mass is 10.1. The lowest BCUT2D eigenvalue weighted by Crippen LogP contribution is -2.53. The highest BCUT2D eigenvalue weighted by atomic mass is 32.2. The molecule has 1 atom stereocenters. The lowest BCUT2D eigenvalue weighted by Gasteiger charge is -2.33. The van der Waals surface area contributed by atoms with Crippen molar-refractivity contribution in [2.24, 2.45) is 0 Å². The molecular formula is C29H34FN3O4S. The van der Waals surface area contributed by atoms with E-state index in [1.165, 1.54) is 29.2 Å². The van der Waals surface area contributed by atoms with Crippen LogP contribution >= 0.6 is 0 Å². The number of benzene rings is 3. The largest absolute Gasteiger partial charge is 0.352 e. The van der Waals surface area contributed by atoms with Crippen molar-refractivity contribution in [3.63, 3.8) is 0 Å². The average molecular weight is 540 g/mol. The normalized spacial score (nSPS) is 12.2. The number of hydrogen-bond donors (Lipinski definition) is 1. The molecule has 2 amide bonds. The monoisotopic (exact) mass is 539 g/mol. The Hall–Kier alpha value is -3.72. The smallest absolute Gasteiger partial charge is 0.264 e. The minimum atomic E-state index is -4.19. The van der Waals surface area contributed by atoms with Crippen LogP contribution < -0.4 is 9.62 Å². The molecule has 38 heavy (non-hydrogen) atoms. The molecule has 202 valence electrons. The fraction of sp³-hybridized carbons (Fsp3) is 0.310. The Bertz CT molecular complexity index is 1330. The molecule has 3 aromatic rings. The van der Waals surface area contributed by atoms with Crippen LogP contribution in [-0.4, -0.2) is 43.8 Å². The molecule has 3 rings (SSSR count). The van der Waals surface area contributed by atoms with Crippen molar-refractivity contribution in [1.29, 1.82) is 0 Å². The van der Waals surface area contributed by atoms with Gasteiger partial charge in [-0.2, -0.15) is 0 Å². The summed E-state index contributed by atoms with van der Waals surface area (Å²) in [5, 5.41) is 2.86. The van der Waals surface area contributed by atoms with Gasteiger partial charge < -0.3 is 10.2 Å². The number of carbonyl (C=O) groups is 2. The van der Waals surface area contributed by atoms with Gasteiger partial charge in [0, 0.05) is 12.6 Å². The lowest BCUT2D eigenvalue weighted by molar-refractivity contribution is -0.140. The van der Waals surface area contributed by atoms with Gasteiger partial charge in [-0.05, 0) is 69.2 Å². The van der Waals surface area contributed by atoms with E-state index in [9.17, 15) is 22.4 Å². The molecule has 0 aliphatic heterocycles. The molecular weight excluding hydrogens is 505 g/mol. The standard InChI is InChI=1S/C29H34FN3O4S/c1-5-27(29(35)31-21(2)3)32(19-23-9-7-6-8-10-23)28(34)20-33(25-15-13-24(30)14-16-25)38(36,37)26-17-11-22(4)12-18-26/h6-18,21,27H,5,19-20H2,1-4H3,(H,31,35). The quantitative estimate of drug-likeness (QED) is 0.384. The van der Waals surface area contributed by atoms with Crippen molar-refractivity contribution in [3.05, 3.63) is 95.8 Å². The Kier molecular flexibility index (Phi) is 9.63. The first-order valence-electron chi connectivity index (χ1n) is 12.5. The number of carbonyl (C=O) groups excluding carboxylic acids is 2. The van der Waals surface area contributed by atoms with Gasteiger partial charge >= 0.3 is 0 Å². The van der Waals surface area contributed by atoms with Crippen molar-refractivity contribution < 1.29 is 22.4 Å². The van der Waals surface area contributed by atoms with E-state index >= 15 is 0 Å². The Morgan fingerprint density at radius 1 is 0.921 bits per heavy atom. The van der Waals surface area contributed by atoms with E-state index < -0.39 is 34.3 Å². The Morgan fingerprint density at radius 3 is 2.08 bits per heavy atom. The van der Waals surface area contributed by atoms with Crippen molar-refractivity contribution >= 4 is 27.5 Å². The van der Waals surface area contributed by atoms with Crippen molar-refractivity contribution in [1.82, 2.24) is 10.2 Å². The summed E-state index contributed by atoms with van der Waals surface area (Å²) in [7, 11) is -4.19. The third-order valence-electron chi connectivity index (χ3n) is 6.02. The van der Waals surface area contributed by atoms with Gasteiger partial charge in [0.25, 0.3) is 10.0 Å². The van der Waals surface area contributed by atoms with Crippen molar-refractivity contribution in [3.8, 4) is 0 Å². The van der Waals surface area contributed by atoms with Gasteiger partial charge in [0.05, 0.1) is 10.6 Å². The molecule has 0 saturated carbocycles. The second-order valence-electron chi connectivity index (χ2n) is 9.40. The third kappa shape index (κ3) is 7.19. The van der Waals surface area contributed by atoms with E-state index in [-0.39, 0.29) is 29.1 Å². The Balaban J connectivity index is 2.04. The third-order valence-corrected chi connectivity index (χ3v) is 7.80. The van der Waals surface area contributed by atoms with Crippen LogP contribution in [0.1, 0.15) is 38.3 Å². The molecule has 1 unspecified atom stereocenters. The topological polar surface area (TPSA) is 86.8 Å². The van der Waals surface area contributed by atoms with Crippen LogP contribution in [0.4, 0.5) is 10.1 Å². The van der Waals surface area contributed by atoms with Gasteiger partial charge in [0.1, 0.15) is 18.4 Å². The molecule has 0 radical (unpaired) electrons. The second-order valence-corrected chi connectivity index (χ2v) is 11.3. The molecule has 1 N–H and O–H groups in total. The van der Waals surface area contributed by atoms with Crippen LogP contribution in [0, 0.1) is 12.7 Å². The molecule has 0 spiro atoms. The number of nitrogens with zero attached hydrogens (tertiary/aromatic N) is 2. The highest BCUT2D eigenvalue weighted by Gasteiger charge is 2.33. The highest BCUT2D eigenvalue weighted by molar-refractivity contribution is 7.92. The van der Waals surface area contributed by atoms with Crippen LogP contribution in [0.2, 0.25) is 0 Å². The first kappa shape index (κ1) is 28.8. The first-order chi connectivity index (χ1) is 18.0. The zero-order valence-corrected chi connectivity index (χ0v) is 22.9. The summed E-state index contributed by atoms with van der Waals surface area (Å²) in [6.45, 7) is 6.85. The fourth-order valence-electron chi connectivity index (χ4n) is 4.05. The van der Waals surface area contributed by atoms with Gasteiger partial charge in [0.2, 0.25) is 11.8 Å². The van der Waals surface area contributed by atoms with Gasteiger partial charge in [-0.15, -0.1) is 0 Å². The van der Waals surface area contributed by atoms with Crippen LogP contribution in [0.15, 0.2) is 83.8 Å². The van der Waals surface area contributed by atoms with Gasteiger partial charge in [-0.3, -0.25) is 13.9 Å². The number of anilines is 1. The van der Waals surface area contributed by atoms with Crippen LogP contribution in [0.5, 0.6) is 0 Å². The number of rotatable bonds is 11. The molecule has 0 fully saturated rings. The first-order valence-corrected chi connectivity index (χ1v) is 14.0. The number of nitrogens with one attached hydrogen (secondary N) is 1. The summed E-state index contributed by atoms with van der Waals surface area (Å²) in [6, 6.07) is 19.4. The molecule has 0 bridgehead atoms. The molecule has 0 saturated heterocycles. The highest BCUT2D eigenvalue weighted by Crippen LogP contribution is 2.25. The van der Waals surface area contributed by atoms with Gasteiger partial charge in [-0.25, -0.2) is 12.8 Å². The Morgan fingerprint density at radius 2 is 1.53 bits per heavy atom. The van der Waals surface area contributed by atoms with Crippen molar-refractivity contribution in [2.75, 3.05) is 10.8 Å². The summed E-state index contributed by atoms with van der Waals surface area (Å²) >= 11 is 0. The van der Waals surface area contributed by atoms with Crippen LogP contribution in [0.3, 0.4) is 0 Å². The van der Waals surface area contributed by atoms with E-state index in [2.05, 4.69) is 5.32 Å². The van der Waals surface area contributed by atoms with Gasteiger partial charge in [-0.1, -0.05) is 55.0 Å². The number of hydrogen-bond acceptors (Lipinski definition) is 4. The number of aryl methyl sites for hydroxylation is 1. The molecule has 0 heterocycles. The average Bonchev–Trinajstić information content (AvgIpc) is 2.88. The number of sulfonamides is 1. The van der Waals surface area contributed by atoms with Crippen LogP contribution in [-0.2, 0) is 26.2 Å². The predicted octanol–water partition coefficient (Wildman–Crippen LogP) is 4.66.